The van der Waals surface area contributed by atoms with Crippen molar-refractivity contribution in [3.05, 3.63) is 16.5 Å². The van der Waals surface area contributed by atoms with Gasteiger partial charge in [0, 0.05) is 12.6 Å². The maximum Gasteiger partial charge on any atom is 0.130 e. The number of halogens is 1. The van der Waals surface area contributed by atoms with Gasteiger partial charge in [0.2, 0.25) is 0 Å². The fraction of sp³-hybridized carbons (Fsp3) is 0.667. The first-order valence-corrected chi connectivity index (χ1v) is 6.68. The number of hydrogen-bond donors (Lipinski definition) is 1. The van der Waals surface area contributed by atoms with E-state index in [9.17, 15) is 0 Å². The molecule has 4 heteroatoms. The second kappa shape index (κ2) is 4.70. The van der Waals surface area contributed by atoms with E-state index in [1.807, 2.05) is 13.0 Å². The maximum absolute atomic E-state index is 4.37. The van der Waals surface area contributed by atoms with E-state index in [-0.39, 0.29) is 0 Å². The molecule has 0 amide bonds. The Hall–Kier alpha value is -0.640. The summed E-state index contributed by atoms with van der Waals surface area (Å²) in [5, 5.41) is 3.43. The first kappa shape index (κ1) is 11.8. The Morgan fingerprint density at radius 2 is 2.19 bits per heavy atom. The molecule has 1 aromatic heterocycles. The van der Waals surface area contributed by atoms with Crippen LogP contribution in [0.25, 0.3) is 0 Å². The van der Waals surface area contributed by atoms with Gasteiger partial charge in [0.05, 0.1) is 0 Å². The Labute approximate surface area is 105 Å². The molecule has 0 atom stereocenters. The molecule has 16 heavy (non-hydrogen) atoms. The van der Waals surface area contributed by atoms with E-state index in [1.165, 1.54) is 25.7 Å². The quantitative estimate of drug-likeness (QED) is 0.840. The minimum atomic E-state index is 0.556. The molecule has 1 N–H and O–H groups in total. The molecule has 1 heterocycles. The van der Waals surface area contributed by atoms with Crippen molar-refractivity contribution in [1.82, 2.24) is 9.97 Å². The molecule has 0 aliphatic heterocycles. The highest BCUT2D eigenvalue weighted by Gasteiger charge is 2.41. The average Bonchev–Trinajstić information content (AvgIpc) is 2.95. The zero-order valence-electron chi connectivity index (χ0n) is 9.89. The lowest BCUT2D eigenvalue weighted by molar-refractivity contribution is 0.485. The van der Waals surface area contributed by atoms with Gasteiger partial charge in [0.25, 0.3) is 0 Å². The van der Waals surface area contributed by atoms with E-state index in [2.05, 4.69) is 38.1 Å². The zero-order valence-corrected chi connectivity index (χ0v) is 11.5. The van der Waals surface area contributed by atoms with Crippen molar-refractivity contribution in [3.63, 3.8) is 0 Å². The van der Waals surface area contributed by atoms with Crippen LogP contribution in [-0.4, -0.2) is 16.5 Å². The van der Waals surface area contributed by atoms with Crippen LogP contribution in [0.5, 0.6) is 0 Å². The lowest BCUT2D eigenvalue weighted by atomic mass is 10.0. The van der Waals surface area contributed by atoms with Crippen LogP contribution < -0.4 is 5.32 Å². The van der Waals surface area contributed by atoms with Gasteiger partial charge in [-0.2, -0.15) is 0 Å². The molecule has 1 aliphatic rings. The number of aryl methyl sites for hydroxylation is 1. The van der Waals surface area contributed by atoms with Crippen molar-refractivity contribution in [3.8, 4) is 0 Å². The third-order valence-electron chi connectivity index (χ3n) is 3.19. The van der Waals surface area contributed by atoms with E-state index in [0.29, 0.717) is 5.41 Å². The van der Waals surface area contributed by atoms with Crippen LogP contribution in [0.3, 0.4) is 0 Å². The number of aromatic nitrogens is 2. The minimum absolute atomic E-state index is 0.556. The fourth-order valence-corrected chi connectivity index (χ4v) is 2.60. The molecule has 1 fully saturated rings. The molecule has 0 unspecified atom stereocenters. The number of anilines is 1. The second-order valence-electron chi connectivity index (χ2n) is 4.73. The maximum atomic E-state index is 4.37. The summed E-state index contributed by atoms with van der Waals surface area (Å²) in [4.78, 5) is 8.57. The SMILES string of the molecule is CCCC1(CNc2cc(Br)nc(C)n2)CC1. The summed E-state index contributed by atoms with van der Waals surface area (Å²) in [5.41, 5.74) is 0.556. The van der Waals surface area contributed by atoms with Gasteiger partial charge in [-0.1, -0.05) is 13.3 Å². The van der Waals surface area contributed by atoms with Gasteiger partial charge in [0.1, 0.15) is 16.2 Å². The molecule has 2 rings (SSSR count). The van der Waals surface area contributed by atoms with Crippen LogP contribution in [0.1, 0.15) is 38.4 Å². The molecule has 1 saturated carbocycles. The van der Waals surface area contributed by atoms with Crippen LogP contribution in [0.2, 0.25) is 0 Å². The lowest BCUT2D eigenvalue weighted by Crippen LogP contribution is -2.16. The number of rotatable bonds is 5. The van der Waals surface area contributed by atoms with E-state index >= 15 is 0 Å². The Balaban J connectivity index is 1.94. The summed E-state index contributed by atoms with van der Waals surface area (Å²) in [6.45, 7) is 5.21. The van der Waals surface area contributed by atoms with Crippen LogP contribution in [0.4, 0.5) is 5.82 Å². The third kappa shape index (κ3) is 2.94. The lowest BCUT2D eigenvalue weighted by Gasteiger charge is -2.15. The summed E-state index contributed by atoms with van der Waals surface area (Å²) >= 11 is 3.39. The molecule has 0 bridgehead atoms. The third-order valence-corrected chi connectivity index (χ3v) is 3.59. The molecule has 1 aromatic rings. The molecule has 0 radical (unpaired) electrons. The van der Waals surface area contributed by atoms with E-state index in [0.717, 1.165) is 22.8 Å². The van der Waals surface area contributed by atoms with Crippen molar-refractivity contribution < 1.29 is 0 Å². The van der Waals surface area contributed by atoms with Gasteiger partial charge < -0.3 is 5.32 Å². The van der Waals surface area contributed by atoms with Crippen molar-refractivity contribution in [2.24, 2.45) is 5.41 Å². The second-order valence-corrected chi connectivity index (χ2v) is 5.54. The van der Waals surface area contributed by atoms with E-state index in [4.69, 9.17) is 0 Å². The minimum Gasteiger partial charge on any atom is -0.369 e. The molecule has 0 aromatic carbocycles. The van der Waals surface area contributed by atoms with Crippen molar-refractivity contribution in [2.45, 2.75) is 39.5 Å². The van der Waals surface area contributed by atoms with Gasteiger partial charge >= 0.3 is 0 Å². The fourth-order valence-electron chi connectivity index (χ4n) is 2.12. The normalized spacial score (nSPS) is 17.2. The predicted molar refractivity (Wildman–Crippen MR) is 69.5 cm³/mol. The summed E-state index contributed by atoms with van der Waals surface area (Å²) < 4.78 is 0.850. The van der Waals surface area contributed by atoms with Gasteiger partial charge in [-0.3, -0.25) is 0 Å². The highest BCUT2D eigenvalue weighted by Crippen LogP contribution is 2.49. The molecule has 0 spiro atoms. The van der Waals surface area contributed by atoms with Crippen LogP contribution >= 0.6 is 15.9 Å². The largest absolute Gasteiger partial charge is 0.369 e. The molecular weight excluding hydrogens is 266 g/mol. The average molecular weight is 284 g/mol. The van der Waals surface area contributed by atoms with Crippen LogP contribution in [0.15, 0.2) is 10.7 Å². The first-order valence-electron chi connectivity index (χ1n) is 5.89. The topological polar surface area (TPSA) is 37.8 Å². The zero-order chi connectivity index (χ0) is 11.6. The van der Waals surface area contributed by atoms with Gasteiger partial charge in [0.15, 0.2) is 0 Å². The molecule has 1 aliphatic carbocycles. The summed E-state index contributed by atoms with van der Waals surface area (Å²) in [6.07, 6.45) is 5.32. The Morgan fingerprint density at radius 1 is 1.44 bits per heavy atom. The standard InChI is InChI=1S/C12H18BrN3/c1-3-4-12(5-6-12)8-14-11-7-10(13)15-9(2)16-11/h7H,3-6,8H2,1-2H3,(H,14,15,16). The molecular formula is C12H18BrN3. The Kier molecular flexibility index (Phi) is 3.47. The van der Waals surface area contributed by atoms with Gasteiger partial charge in [-0.05, 0) is 47.5 Å². The van der Waals surface area contributed by atoms with Crippen LogP contribution in [0, 0.1) is 12.3 Å². The first-order chi connectivity index (χ1) is 7.63. The Morgan fingerprint density at radius 3 is 2.75 bits per heavy atom. The van der Waals surface area contributed by atoms with Crippen molar-refractivity contribution >= 4 is 21.7 Å². The summed E-state index contributed by atoms with van der Waals surface area (Å²) in [5.74, 6) is 1.74. The highest BCUT2D eigenvalue weighted by molar-refractivity contribution is 9.10. The number of hydrogen-bond acceptors (Lipinski definition) is 3. The van der Waals surface area contributed by atoms with E-state index < -0.39 is 0 Å². The summed E-state index contributed by atoms with van der Waals surface area (Å²) in [7, 11) is 0. The van der Waals surface area contributed by atoms with Gasteiger partial charge in [-0.15, -0.1) is 0 Å². The van der Waals surface area contributed by atoms with Crippen LogP contribution in [-0.2, 0) is 0 Å². The number of nitrogens with zero attached hydrogens (tertiary/aromatic N) is 2. The molecule has 88 valence electrons. The Bertz CT molecular complexity index is 354. The summed E-state index contributed by atoms with van der Waals surface area (Å²) in [6, 6.07) is 1.94. The monoisotopic (exact) mass is 283 g/mol. The molecule has 0 saturated heterocycles. The predicted octanol–water partition coefficient (Wildman–Crippen LogP) is 3.54. The molecule has 3 nitrogen and oxygen atoms in total. The van der Waals surface area contributed by atoms with Crippen molar-refractivity contribution in [2.75, 3.05) is 11.9 Å². The van der Waals surface area contributed by atoms with Crippen molar-refractivity contribution in [1.29, 1.82) is 0 Å². The van der Waals surface area contributed by atoms with E-state index in [1.54, 1.807) is 0 Å². The smallest absolute Gasteiger partial charge is 0.130 e. The number of nitrogens with one attached hydrogen (secondary N) is 1. The highest BCUT2D eigenvalue weighted by atomic mass is 79.9. The van der Waals surface area contributed by atoms with Gasteiger partial charge in [-0.25, -0.2) is 9.97 Å².